The summed E-state index contributed by atoms with van der Waals surface area (Å²) in [5, 5.41) is 3.12. The molecule has 0 unspecified atom stereocenters. The second kappa shape index (κ2) is 5.30. The van der Waals surface area contributed by atoms with Crippen molar-refractivity contribution >= 4 is 22.6 Å². The number of aromatic nitrogens is 2. The van der Waals surface area contributed by atoms with E-state index < -0.39 is 0 Å². The van der Waals surface area contributed by atoms with Gasteiger partial charge in [-0.05, 0) is 18.2 Å². The Morgan fingerprint density at radius 3 is 2.79 bits per heavy atom. The minimum absolute atomic E-state index is 0.0487. The molecule has 102 valence electrons. The van der Waals surface area contributed by atoms with E-state index in [4.69, 9.17) is 0 Å². The van der Waals surface area contributed by atoms with E-state index in [0.29, 0.717) is 12.5 Å². The van der Waals surface area contributed by atoms with Crippen LogP contribution in [0.1, 0.15) is 25.6 Å². The predicted molar refractivity (Wildman–Crippen MR) is 77.4 cm³/mol. The van der Waals surface area contributed by atoms with Gasteiger partial charge in [-0.2, -0.15) is 0 Å². The molecular formula is C14H20N4O. The van der Waals surface area contributed by atoms with Crippen LogP contribution in [0.2, 0.25) is 0 Å². The second-order valence-corrected chi connectivity index (χ2v) is 5.15. The summed E-state index contributed by atoms with van der Waals surface area (Å²) in [5.74, 6) is 1.41. The molecule has 0 aliphatic rings. The highest BCUT2D eigenvalue weighted by molar-refractivity contribution is 5.83. The van der Waals surface area contributed by atoms with Gasteiger partial charge in [0.05, 0.1) is 17.6 Å². The molecule has 1 aromatic carbocycles. The van der Waals surface area contributed by atoms with Crippen molar-refractivity contribution in [1.82, 2.24) is 14.9 Å². The van der Waals surface area contributed by atoms with Gasteiger partial charge in [0.15, 0.2) is 0 Å². The van der Waals surface area contributed by atoms with E-state index in [2.05, 4.69) is 29.1 Å². The molecule has 0 aliphatic heterocycles. The molecule has 0 radical (unpaired) electrons. The Labute approximate surface area is 113 Å². The van der Waals surface area contributed by atoms with Gasteiger partial charge in [-0.15, -0.1) is 0 Å². The number of amides is 1. The maximum absolute atomic E-state index is 11.5. The number of anilines is 1. The Morgan fingerprint density at radius 2 is 2.16 bits per heavy atom. The molecule has 1 heterocycles. The maximum Gasteiger partial charge on any atom is 0.241 e. The maximum atomic E-state index is 11.5. The van der Waals surface area contributed by atoms with Gasteiger partial charge >= 0.3 is 0 Å². The largest absolute Gasteiger partial charge is 0.376 e. The summed E-state index contributed by atoms with van der Waals surface area (Å²) in [5.41, 5.74) is 2.86. The van der Waals surface area contributed by atoms with Gasteiger partial charge in [-0.1, -0.05) is 13.8 Å². The number of aromatic amines is 1. The van der Waals surface area contributed by atoms with Crippen LogP contribution in [0.5, 0.6) is 0 Å². The molecule has 2 aromatic rings. The number of H-pyrrole nitrogens is 1. The minimum Gasteiger partial charge on any atom is -0.376 e. The highest BCUT2D eigenvalue weighted by atomic mass is 16.2. The third kappa shape index (κ3) is 3.05. The second-order valence-electron chi connectivity index (χ2n) is 5.15. The zero-order valence-corrected chi connectivity index (χ0v) is 11.8. The molecule has 0 spiro atoms. The number of carbonyl (C=O) groups is 1. The first-order valence-corrected chi connectivity index (χ1v) is 6.41. The molecule has 1 aromatic heterocycles. The van der Waals surface area contributed by atoms with E-state index in [1.807, 2.05) is 18.2 Å². The fourth-order valence-electron chi connectivity index (χ4n) is 1.75. The van der Waals surface area contributed by atoms with Crippen LogP contribution in [-0.2, 0) is 4.79 Å². The lowest BCUT2D eigenvalue weighted by Crippen LogP contribution is -2.28. The minimum atomic E-state index is 0.0487. The molecule has 0 saturated heterocycles. The van der Waals surface area contributed by atoms with E-state index in [1.54, 1.807) is 19.0 Å². The third-order valence-electron chi connectivity index (χ3n) is 2.99. The fourth-order valence-corrected chi connectivity index (χ4v) is 1.75. The fraction of sp³-hybridized carbons (Fsp3) is 0.429. The number of benzene rings is 1. The van der Waals surface area contributed by atoms with Gasteiger partial charge in [0.2, 0.25) is 5.91 Å². The summed E-state index contributed by atoms with van der Waals surface area (Å²) < 4.78 is 0. The number of hydrogen-bond donors (Lipinski definition) is 2. The van der Waals surface area contributed by atoms with Crippen molar-refractivity contribution in [2.75, 3.05) is 26.0 Å². The molecule has 0 saturated carbocycles. The standard InChI is InChI=1S/C14H20N4O/c1-9(2)14-16-11-6-5-10(7-12(11)17-14)15-8-13(19)18(3)4/h5-7,9,15H,8H2,1-4H3,(H,16,17). The third-order valence-corrected chi connectivity index (χ3v) is 2.99. The molecule has 0 atom stereocenters. The summed E-state index contributed by atoms with van der Waals surface area (Å²) in [6, 6.07) is 5.88. The molecule has 19 heavy (non-hydrogen) atoms. The average molecular weight is 260 g/mol. The lowest BCUT2D eigenvalue weighted by Gasteiger charge is -2.11. The van der Waals surface area contributed by atoms with Crippen molar-refractivity contribution in [3.63, 3.8) is 0 Å². The Morgan fingerprint density at radius 1 is 1.42 bits per heavy atom. The lowest BCUT2D eigenvalue weighted by atomic mass is 10.2. The van der Waals surface area contributed by atoms with Crippen molar-refractivity contribution in [2.45, 2.75) is 19.8 Å². The monoisotopic (exact) mass is 260 g/mol. The highest BCUT2D eigenvalue weighted by Crippen LogP contribution is 2.20. The van der Waals surface area contributed by atoms with Crippen molar-refractivity contribution in [1.29, 1.82) is 0 Å². The zero-order valence-electron chi connectivity index (χ0n) is 11.8. The number of imidazole rings is 1. The van der Waals surface area contributed by atoms with Gasteiger partial charge in [0.1, 0.15) is 5.82 Å². The first-order valence-electron chi connectivity index (χ1n) is 6.41. The quantitative estimate of drug-likeness (QED) is 0.885. The van der Waals surface area contributed by atoms with Crippen LogP contribution >= 0.6 is 0 Å². The van der Waals surface area contributed by atoms with Crippen molar-refractivity contribution in [3.05, 3.63) is 24.0 Å². The SMILES string of the molecule is CC(C)c1nc2ccc(NCC(=O)N(C)C)cc2[nH]1. The van der Waals surface area contributed by atoms with Crippen molar-refractivity contribution in [3.8, 4) is 0 Å². The Balaban J connectivity index is 2.15. The van der Waals surface area contributed by atoms with Crippen LogP contribution in [0, 0.1) is 0 Å². The van der Waals surface area contributed by atoms with E-state index in [-0.39, 0.29) is 5.91 Å². The van der Waals surface area contributed by atoms with Crippen LogP contribution in [0.4, 0.5) is 5.69 Å². The van der Waals surface area contributed by atoms with Crippen molar-refractivity contribution in [2.24, 2.45) is 0 Å². The Bertz CT molecular complexity index is 586. The Hall–Kier alpha value is -2.04. The molecule has 0 aliphatic carbocycles. The normalized spacial score (nSPS) is 11.0. The first kappa shape index (κ1) is 13.4. The molecular weight excluding hydrogens is 240 g/mol. The first-order chi connectivity index (χ1) is 8.97. The highest BCUT2D eigenvalue weighted by Gasteiger charge is 2.08. The number of carbonyl (C=O) groups excluding carboxylic acids is 1. The van der Waals surface area contributed by atoms with Crippen LogP contribution < -0.4 is 5.32 Å². The Kier molecular flexibility index (Phi) is 3.74. The summed E-state index contributed by atoms with van der Waals surface area (Å²) in [6.45, 7) is 4.50. The summed E-state index contributed by atoms with van der Waals surface area (Å²) >= 11 is 0. The van der Waals surface area contributed by atoms with Crippen LogP contribution in [-0.4, -0.2) is 41.4 Å². The molecule has 1 amide bonds. The van der Waals surface area contributed by atoms with E-state index >= 15 is 0 Å². The van der Waals surface area contributed by atoms with Gasteiger partial charge in [0, 0.05) is 25.7 Å². The molecule has 5 heteroatoms. The van der Waals surface area contributed by atoms with Crippen LogP contribution in [0.25, 0.3) is 11.0 Å². The molecule has 2 N–H and O–H groups in total. The van der Waals surface area contributed by atoms with Gasteiger partial charge < -0.3 is 15.2 Å². The number of likely N-dealkylation sites (N-methyl/N-ethyl adjacent to an activating group) is 1. The summed E-state index contributed by atoms with van der Waals surface area (Å²) in [4.78, 5) is 20.9. The van der Waals surface area contributed by atoms with E-state index in [9.17, 15) is 4.79 Å². The van der Waals surface area contributed by atoms with Crippen molar-refractivity contribution < 1.29 is 4.79 Å². The number of hydrogen-bond acceptors (Lipinski definition) is 3. The average Bonchev–Trinajstić information content (AvgIpc) is 2.78. The molecule has 2 rings (SSSR count). The predicted octanol–water partition coefficient (Wildman–Crippen LogP) is 2.19. The van der Waals surface area contributed by atoms with Gasteiger partial charge in [-0.3, -0.25) is 4.79 Å². The summed E-state index contributed by atoms with van der Waals surface area (Å²) in [6.07, 6.45) is 0. The smallest absolute Gasteiger partial charge is 0.241 e. The lowest BCUT2D eigenvalue weighted by molar-refractivity contribution is -0.126. The zero-order chi connectivity index (χ0) is 14.0. The number of nitrogens with one attached hydrogen (secondary N) is 2. The molecule has 0 fully saturated rings. The number of nitrogens with zero attached hydrogens (tertiary/aromatic N) is 2. The van der Waals surface area contributed by atoms with E-state index in [1.165, 1.54) is 0 Å². The van der Waals surface area contributed by atoms with Gasteiger partial charge in [0.25, 0.3) is 0 Å². The molecule has 0 bridgehead atoms. The number of fused-ring (bicyclic) bond motifs is 1. The van der Waals surface area contributed by atoms with E-state index in [0.717, 1.165) is 22.5 Å². The topological polar surface area (TPSA) is 61.0 Å². The van der Waals surface area contributed by atoms with Crippen LogP contribution in [0.15, 0.2) is 18.2 Å². The molecule has 5 nitrogen and oxygen atoms in total. The van der Waals surface area contributed by atoms with Gasteiger partial charge in [-0.25, -0.2) is 4.98 Å². The summed E-state index contributed by atoms with van der Waals surface area (Å²) in [7, 11) is 3.49. The van der Waals surface area contributed by atoms with Crippen LogP contribution in [0.3, 0.4) is 0 Å². The number of rotatable bonds is 4.